The first-order chi connectivity index (χ1) is 9.45. The number of hydrogen-bond acceptors (Lipinski definition) is 5. The normalized spacial score (nSPS) is 20.1. The number of anilines is 2. The highest BCUT2D eigenvalue weighted by Gasteiger charge is 2.36. The Bertz CT molecular complexity index is 467. The second kappa shape index (κ2) is 5.82. The quantitative estimate of drug-likeness (QED) is 0.924. The molecule has 0 aliphatic carbocycles. The first kappa shape index (κ1) is 14.8. The van der Waals surface area contributed by atoms with Crippen LogP contribution in [0.5, 0.6) is 0 Å². The molecule has 8 heteroatoms. The van der Waals surface area contributed by atoms with Crippen molar-refractivity contribution in [2.45, 2.75) is 25.6 Å². The maximum absolute atomic E-state index is 12.8. The SMILES string of the molecule is CCC1COCCN1c1cc(NC)nc(C(F)(F)F)n1. The third kappa shape index (κ3) is 3.12. The Labute approximate surface area is 115 Å². The predicted molar refractivity (Wildman–Crippen MR) is 68.8 cm³/mol. The van der Waals surface area contributed by atoms with Gasteiger partial charge in [-0.1, -0.05) is 6.92 Å². The molecule has 112 valence electrons. The van der Waals surface area contributed by atoms with E-state index in [1.807, 2.05) is 11.8 Å². The van der Waals surface area contributed by atoms with Crippen molar-refractivity contribution >= 4 is 11.6 Å². The molecule has 1 atom stereocenters. The Morgan fingerprint density at radius 2 is 2.20 bits per heavy atom. The van der Waals surface area contributed by atoms with Gasteiger partial charge in [-0.25, -0.2) is 9.97 Å². The number of alkyl halides is 3. The number of morpholine rings is 1. The Morgan fingerprint density at radius 1 is 1.45 bits per heavy atom. The van der Waals surface area contributed by atoms with Crippen LogP contribution in [-0.4, -0.2) is 42.8 Å². The Hall–Kier alpha value is -1.57. The van der Waals surface area contributed by atoms with Crippen LogP contribution >= 0.6 is 0 Å². The lowest BCUT2D eigenvalue weighted by Gasteiger charge is -2.36. The van der Waals surface area contributed by atoms with Crippen molar-refractivity contribution in [2.75, 3.05) is 37.0 Å². The lowest BCUT2D eigenvalue weighted by molar-refractivity contribution is -0.144. The van der Waals surface area contributed by atoms with Gasteiger partial charge in [-0.05, 0) is 6.42 Å². The van der Waals surface area contributed by atoms with E-state index >= 15 is 0 Å². The molecule has 2 heterocycles. The van der Waals surface area contributed by atoms with Gasteiger partial charge in [0.1, 0.15) is 11.6 Å². The van der Waals surface area contributed by atoms with Crippen LogP contribution in [-0.2, 0) is 10.9 Å². The molecular formula is C12H17F3N4O. The predicted octanol–water partition coefficient (Wildman–Crippen LogP) is 2.15. The Kier molecular flexibility index (Phi) is 4.32. The van der Waals surface area contributed by atoms with Gasteiger partial charge in [0, 0.05) is 19.7 Å². The van der Waals surface area contributed by atoms with Crippen LogP contribution in [0, 0.1) is 0 Å². The van der Waals surface area contributed by atoms with Crippen LogP contribution in [0.2, 0.25) is 0 Å². The van der Waals surface area contributed by atoms with Gasteiger partial charge in [0.15, 0.2) is 0 Å². The third-order valence-corrected chi connectivity index (χ3v) is 3.22. The monoisotopic (exact) mass is 290 g/mol. The third-order valence-electron chi connectivity index (χ3n) is 3.22. The molecular weight excluding hydrogens is 273 g/mol. The van der Waals surface area contributed by atoms with Crippen LogP contribution in [0.25, 0.3) is 0 Å². The van der Waals surface area contributed by atoms with E-state index in [-0.39, 0.29) is 17.7 Å². The van der Waals surface area contributed by atoms with E-state index in [1.54, 1.807) is 0 Å². The maximum atomic E-state index is 12.8. The van der Waals surface area contributed by atoms with Crippen LogP contribution in [0.3, 0.4) is 0 Å². The van der Waals surface area contributed by atoms with Crippen LogP contribution < -0.4 is 10.2 Å². The number of rotatable bonds is 3. The summed E-state index contributed by atoms with van der Waals surface area (Å²) in [5, 5.41) is 2.64. The molecule has 0 saturated carbocycles. The second-order valence-corrected chi connectivity index (χ2v) is 4.51. The topological polar surface area (TPSA) is 50.3 Å². The average Bonchev–Trinajstić information content (AvgIpc) is 2.45. The minimum absolute atomic E-state index is 0.0319. The molecule has 1 saturated heterocycles. The minimum atomic E-state index is -4.56. The highest BCUT2D eigenvalue weighted by molar-refractivity contribution is 5.50. The summed E-state index contributed by atoms with van der Waals surface area (Å²) in [6, 6.07) is 1.56. The van der Waals surface area contributed by atoms with Gasteiger partial charge in [-0.15, -0.1) is 0 Å². The summed E-state index contributed by atoms with van der Waals surface area (Å²) in [6.07, 6.45) is -3.78. The van der Waals surface area contributed by atoms with E-state index in [2.05, 4.69) is 15.3 Å². The van der Waals surface area contributed by atoms with Crippen LogP contribution in [0.4, 0.5) is 24.8 Å². The van der Waals surface area contributed by atoms with Gasteiger partial charge in [-0.3, -0.25) is 0 Å². The summed E-state index contributed by atoms with van der Waals surface area (Å²) >= 11 is 0. The molecule has 1 N–H and O–H groups in total. The van der Waals surface area contributed by atoms with Crippen molar-refractivity contribution < 1.29 is 17.9 Å². The molecule has 1 aromatic rings. The van der Waals surface area contributed by atoms with E-state index < -0.39 is 12.0 Å². The van der Waals surface area contributed by atoms with Crippen molar-refractivity contribution in [2.24, 2.45) is 0 Å². The molecule has 1 unspecified atom stereocenters. The highest BCUT2D eigenvalue weighted by atomic mass is 19.4. The number of ether oxygens (including phenoxy) is 1. The number of nitrogens with one attached hydrogen (secondary N) is 1. The molecule has 0 bridgehead atoms. The first-order valence-electron chi connectivity index (χ1n) is 6.44. The molecule has 1 aliphatic rings. The fourth-order valence-electron chi connectivity index (χ4n) is 2.13. The van der Waals surface area contributed by atoms with E-state index in [0.717, 1.165) is 6.42 Å². The molecule has 1 fully saturated rings. The second-order valence-electron chi connectivity index (χ2n) is 4.51. The summed E-state index contributed by atoms with van der Waals surface area (Å²) in [5.74, 6) is -0.684. The molecule has 1 aliphatic heterocycles. The van der Waals surface area contributed by atoms with Crippen molar-refractivity contribution in [1.82, 2.24) is 9.97 Å². The molecule has 5 nitrogen and oxygen atoms in total. The summed E-state index contributed by atoms with van der Waals surface area (Å²) in [7, 11) is 1.53. The Morgan fingerprint density at radius 3 is 2.80 bits per heavy atom. The fraction of sp³-hybridized carbons (Fsp3) is 0.667. The van der Waals surface area contributed by atoms with Crippen molar-refractivity contribution in [3.05, 3.63) is 11.9 Å². The van der Waals surface area contributed by atoms with E-state index in [0.29, 0.717) is 19.8 Å². The number of nitrogens with zero attached hydrogens (tertiary/aromatic N) is 3. The van der Waals surface area contributed by atoms with Gasteiger partial charge < -0.3 is 15.0 Å². The molecule has 20 heavy (non-hydrogen) atoms. The summed E-state index contributed by atoms with van der Waals surface area (Å²) in [6.45, 7) is 3.47. The van der Waals surface area contributed by atoms with Gasteiger partial charge in [0.05, 0.1) is 19.3 Å². The molecule has 1 aromatic heterocycles. The Balaban J connectivity index is 2.39. The van der Waals surface area contributed by atoms with Crippen molar-refractivity contribution in [3.8, 4) is 0 Å². The smallest absolute Gasteiger partial charge is 0.377 e. The van der Waals surface area contributed by atoms with Gasteiger partial charge in [0.2, 0.25) is 5.82 Å². The molecule has 0 amide bonds. The largest absolute Gasteiger partial charge is 0.451 e. The standard InChI is InChI=1S/C12H17F3N4O/c1-3-8-7-20-5-4-19(8)10-6-9(16-2)17-11(18-10)12(13,14)15/h6,8H,3-5,7H2,1-2H3,(H,16,17,18). The molecule has 0 aromatic carbocycles. The zero-order valence-electron chi connectivity index (χ0n) is 11.4. The number of halogens is 3. The first-order valence-corrected chi connectivity index (χ1v) is 6.44. The van der Waals surface area contributed by atoms with E-state index in [1.165, 1.54) is 13.1 Å². The molecule has 0 spiro atoms. The molecule has 0 radical (unpaired) electrons. The lowest BCUT2D eigenvalue weighted by atomic mass is 10.2. The zero-order valence-corrected chi connectivity index (χ0v) is 11.4. The minimum Gasteiger partial charge on any atom is -0.377 e. The van der Waals surface area contributed by atoms with Crippen molar-refractivity contribution in [3.63, 3.8) is 0 Å². The summed E-state index contributed by atoms with van der Waals surface area (Å²) in [4.78, 5) is 8.98. The maximum Gasteiger partial charge on any atom is 0.451 e. The fourth-order valence-corrected chi connectivity index (χ4v) is 2.13. The summed E-state index contributed by atoms with van der Waals surface area (Å²) < 4.78 is 43.9. The molecule has 2 rings (SSSR count). The van der Waals surface area contributed by atoms with Gasteiger partial charge in [-0.2, -0.15) is 13.2 Å². The number of hydrogen-bond donors (Lipinski definition) is 1. The average molecular weight is 290 g/mol. The van der Waals surface area contributed by atoms with Crippen LogP contribution in [0.1, 0.15) is 19.2 Å². The lowest BCUT2D eigenvalue weighted by Crippen LogP contribution is -2.45. The summed E-state index contributed by atoms with van der Waals surface area (Å²) in [5.41, 5.74) is 0. The van der Waals surface area contributed by atoms with Crippen LogP contribution in [0.15, 0.2) is 6.07 Å². The van der Waals surface area contributed by atoms with E-state index in [4.69, 9.17) is 4.74 Å². The van der Waals surface area contributed by atoms with Gasteiger partial charge in [0.25, 0.3) is 0 Å². The van der Waals surface area contributed by atoms with Gasteiger partial charge >= 0.3 is 6.18 Å². The van der Waals surface area contributed by atoms with Crippen molar-refractivity contribution in [1.29, 1.82) is 0 Å². The number of aromatic nitrogens is 2. The highest BCUT2D eigenvalue weighted by Crippen LogP contribution is 2.30. The van der Waals surface area contributed by atoms with E-state index in [9.17, 15) is 13.2 Å². The zero-order chi connectivity index (χ0) is 14.8.